The number of likely N-dealkylation sites (tertiary alicyclic amines) is 1. The molecule has 0 spiro atoms. The molecule has 2 unspecified atom stereocenters. The van der Waals surface area contributed by atoms with E-state index in [1.807, 2.05) is 0 Å². The Morgan fingerprint density at radius 3 is 2.44 bits per heavy atom. The van der Waals surface area contributed by atoms with Crippen LogP contribution in [0, 0.1) is 29.3 Å². The summed E-state index contributed by atoms with van der Waals surface area (Å²) in [7, 11) is 0. The number of halogens is 5. The van der Waals surface area contributed by atoms with Gasteiger partial charge in [-0.05, 0) is 18.9 Å². The zero-order valence-corrected chi connectivity index (χ0v) is 13.6. The molecule has 11 heteroatoms. The predicted octanol–water partition coefficient (Wildman–Crippen LogP) is 2.98. The number of phenolic OH excluding ortho intramolecular Hbond substituents is 1. The summed E-state index contributed by atoms with van der Waals surface area (Å²) in [6, 6.07) is 0.397. The summed E-state index contributed by atoms with van der Waals surface area (Å²) in [6.07, 6.45) is 0.608. The van der Waals surface area contributed by atoms with Crippen molar-refractivity contribution in [2.24, 2.45) is 11.8 Å². The first-order chi connectivity index (χ1) is 12.7. The molecule has 1 aliphatic carbocycles. The molecule has 1 N–H and O–H groups in total. The fraction of sp³-hybridized carbons (Fsp3) is 0.438. The molecule has 2 fully saturated rings. The normalized spacial score (nSPS) is 23.7. The fourth-order valence-electron chi connectivity index (χ4n) is 3.63. The molecule has 2 atom stereocenters. The number of carbonyl (C=O) groups is 1. The highest BCUT2D eigenvalue weighted by atomic mass is 19.3. The third-order valence-corrected chi connectivity index (χ3v) is 5.10. The van der Waals surface area contributed by atoms with Gasteiger partial charge in [0.15, 0.2) is 17.4 Å². The van der Waals surface area contributed by atoms with Crippen LogP contribution in [0.2, 0.25) is 0 Å². The van der Waals surface area contributed by atoms with Gasteiger partial charge in [0.1, 0.15) is 0 Å². The van der Waals surface area contributed by atoms with Crippen molar-refractivity contribution in [3.05, 3.63) is 29.3 Å². The van der Waals surface area contributed by atoms with E-state index >= 15 is 0 Å². The van der Waals surface area contributed by atoms with E-state index in [2.05, 4.69) is 10.1 Å². The number of fused-ring (bicyclic) bond motifs is 2. The quantitative estimate of drug-likeness (QED) is 0.631. The minimum absolute atomic E-state index is 0.174. The fourth-order valence-corrected chi connectivity index (χ4v) is 3.63. The number of hydrogen-bond acceptors (Lipinski definition) is 5. The minimum Gasteiger partial charge on any atom is -0.503 e. The highest BCUT2D eigenvalue weighted by Crippen LogP contribution is 2.48. The van der Waals surface area contributed by atoms with Gasteiger partial charge in [-0.3, -0.25) is 4.79 Å². The minimum atomic E-state index is -2.83. The summed E-state index contributed by atoms with van der Waals surface area (Å²) in [6.45, 7) is -0.348. The van der Waals surface area contributed by atoms with Gasteiger partial charge in [-0.1, -0.05) is 5.16 Å². The molecule has 1 saturated carbocycles. The van der Waals surface area contributed by atoms with Crippen molar-refractivity contribution in [3.63, 3.8) is 0 Å². The molecule has 1 saturated heterocycles. The second-order valence-electron chi connectivity index (χ2n) is 6.66. The Balaban J connectivity index is 1.60. The van der Waals surface area contributed by atoms with Crippen LogP contribution in [-0.4, -0.2) is 45.1 Å². The average Bonchev–Trinajstić information content (AvgIpc) is 3.12. The lowest BCUT2D eigenvalue weighted by atomic mass is 9.94. The van der Waals surface area contributed by atoms with Gasteiger partial charge in [-0.25, -0.2) is 17.6 Å². The van der Waals surface area contributed by atoms with Crippen LogP contribution in [0.25, 0.3) is 11.5 Å². The average molecular weight is 389 g/mol. The van der Waals surface area contributed by atoms with E-state index in [-0.39, 0.29) is 13.1 Å². The standard InChI is InChI=1S/C16H12F5N3O3/c17-9-3-8(10(18)12(25)11(9)19)14-22-13(23-27-14)15(26)24-4-6-1-2-7(5-24)16(6,20)21/h3,6-7,25H,1-2,4-5H2. The maximum atomic E-state index is 14.0. The summed E-state index contributed by atoms with van der Waals surface area (Å²) >= 11 is 0. The van der Waals surface area contributed by atoms with E-state index in [1.165, 1.54) is 4.90 Å². The number of aromatic nitrogens is 2. The number of rotatable bonds is 2. The van der Waals surface area contributed by atoms with Crippen molar-refractivity contribution >= 4 is 5.91 Å². The van der Waals surface area contributed by atoms with Crippen molar-refractivity contribution in [1.29, 1.82) is 0 Å². The van der Waals surface area contributed by atoms with Crippen LogP contribution in [0.1, 0.15) is 23.5 Å². The number of alkyl halides is 2. The van der Waals surface area contributed by atoms with Crippen LogP contribution < -0.4 is 0 Å². The van der Waals surface area contributed by atoms with E-state index in [0.717, 1.165) is 0 Å². The number of amides is 1. The molecule has 2 aromatic rings. The molecule has 2 heterocycles. The molecular formula is C16H12F5N3O3. The molecule has 2 aliphatic rings. The number of carbonyl (C=O) groups excluding carboxylic acids is 1. The molecule has 1 aliphatic heterocycles. The third-order valence-electron chi connectivity index (χ3n) is 5.10. The Labute approximate surface area is 148 Å². The maximum absolute atomic E-state index is 14.0. The van der Waals surface area contributed by atoms with Crippen molar-refractivity contribution in [2.75, 3.05) is 13.1 Å². The van der Waals surface area contributed by atoms with Crippen molar-refractivity contribution in [1.82, 2.24) is 15.0 Å². The van der Waals surface area contributed by atoms with E-state index in [9.17, 15) is 31.9 Å². The number of piperidine rings is 1. The summed E-state index contributed by atoms with van der Waals surface area (Å²) < 4.78 is 73.1. The number of phenols is 1. The first-order valence-corrected chi connectivity index (χ1v) is 8.07. The summed E-state index contributed by atoms with van der Waals surface area (Å²) in [5, 5.41) is 12.6. The van der Waals surface area contributed by atoms with Crippen molar-refractivity contribution < 1.29 is 36.4 Å². The van der Waals surface area contributed by atoms with Gasteiger partial charge in [-0.15, -0.1) is 0 Å². The molecule has 2 bridgehead atoms. The second kappa shape index (κ2) is 5.89. The number of hydrogen-bond donors (Lipinski definition) is 1. The summed E-state index contributed by atoms with van der Waals surface area (Å²) in [5.74, 6) is -13.1. The molecule has 144 valence electrons. The number of aromatic hydroxyl groups is 1. The van der Waals surface area contributed by atoms with Gasteiger partial charge >= 0.3 is 0 Å². The molecule has 1 aromatic heterocycles. The van der Waals surface area contributed by atoms with Gasteiger partial charge in [0, 0.05) is 24.9 Å². The molecular weight excluding hydrogens is 377 g/mol. The van der Waals surface area contributed by atoms with E-state index < -0.39 is 64.1 Å². The third kappa shape index (κ3) is 2.63. The van der Waals surface area contributed by atoms with Gasteiger partial charge in [0.05, 0.1) is 5.56 Å². The van der Waals surface area contributed by atoms with E-state index in [0.29, 0.717) is 18.9 Å². The van der Waals surface area contributed by atoms with Gasteiger partial charge in [-0.2, -0.15) is 9.37 Å². The second-order valence-corrected chi connectivity index (χ2v) is 6.66. The summed E-state index contributed by atoms with van der Waals surface area (Å²) in [5.41, 5.74) is -0.733. The molecule has 0 radical (unpaired) electrons. The molecule has 4 rings (SSSR count). The first kappa shape index (κ1) is 17.7. The Hall–Kier alpha value is -2.72. The van der Waals surface area contributed by atoms with E-state index in [4.69, 9.17) is 4.52 Å². The largest absolute Gasteiger partial charge is 0.503 e. The Morgan fingerprint density at radius 1 is 1.19 bits per heavy atom. The van der Waals surface area contributed by atoms with E-state index in [1.54, 1.807) is 0 Å². The van der Waals surface area contributed by atoms with Gasteiger partial charge in [0.2, 0.25) is 5.82 Å². The molecule has 27 heavy (non-hydrogen) atoms. The molecule has 1 aromatic carbocycles. The van der Waals surface area contributed by atoms with Crippen LogP contribution in [0.15, 0.2) is 10.6 Å². The number of nitrogens with zero attached hydrogens (tertiary/aromatic N) is 3. The van der Waals surface area contributed by atoms with Crippen molar-refractivity contribution in [3.8, 4) is 17.2 Å². The topological polar surface area (TPSA) is 79.5 Å². The zero-order chi connectivity index (χ0) is 19.5. The number of benzene rings is 1. The molecule has 1 amide bonds. The van der Waals surface area contributed by atoms with Crippen LogP contribution in [0.3, 0.4) is 0 Å². The van der Waals surface area contributed by atoms with Crippen LogP contribution in [0.5, 0.6) is 5.75 Å². The van der Waals surface area contributed by atoms with Gasteiger partial charge in [0.25, 0.3) is 23.5 Å². The maximum Gasteiger partial charge on any atom is 0.295 e. The summed E-state index contributed by atoms with van der Waals surface area (Å²) in [4.78, 5) is 17.3. The predicted molar refractivity (Wildman–Crippen MR) is 78.3 cm³/mol. The zero-order valence-electron chi connectivity index (χ0n) is 13.6. The smallest absolute Gasteiger partial charge is 0.295 e. The lowest BCUT2D eigenvalue weighted by molar-refractivity contribution is -0.110. The SMILES string of the molecule is O=C(c1noc(-c2cc(F)c(F)c(O)c2F)n1)N1CC2CCC(C1)C2(F)F. The van der Waals surface area contributed by atoms with Crippen LogP contribution in [-0.2, 0) is 0 Å². The Kier molecular flexibility index (Phi) is 3.86. The Bertz CT molecular complexity index is 916. The lowest BCUT2D eigenvalue weighted by Crippen LogP contribution is -2.51. The highest BCUT2D eigenvalue weighted by Gasteiger charge is 2.56. The Morgan fingerprint density at radius 2 is 1.81 bits per heavy atom. The van der Waals surface area contributed by atoms with Crippen LogP contribution >= 0.6 is 0 Å². The van der Waals surface area contributed by atoms with Crippen LogP contribution in [0.4, 0.5) is 22.0 Å². The van der Waals surface area contributed by atoms with Gasteiger partial charge < -0.3 is 14.5 Å². The first-order valence-electron chi connectivity index (χ1n) is 8.07. The highest BCUT2D eigenvalue weighted by molar-refractivity contribution is 5.91. The lowest BCUT2D eigenvalue weighted by Gasteiger charge is -2.37. The van der Waals surface area contributed by atoms with Crippen molar-refractivity contribution in [2.45, 2.75) is 18.8 Å². The molecule has 6 nitrogen and oxygen atoms in total. The monoisotopic (exact) mass is 389 g/mol.